The van der Waals surface area contributed by atoms with Crippen LogP contribution >= 0.6 is 11.6 Å². The van der Waals surface area contributed by atoms with Gasteiger partial charge in [-0.05, 0) is 38.1 Å². The number of rotatable bonds is 8. The fourth-order valence-corrected chi connectivity index (χ4v) is 5.38. The lowest BCUT2D eigenvalue weighted by Crippen LogP contribution is -2.33. The second-order valence-corrected chi connectivity index (χ2v) is 10.0. The molecule has 5 heterocycles. The van der Waals surface area contributed by atoms with Gasteiger partial charge in [-0.25, -0.2) is 14.6 Å². The van der Waals surface area contributed by atoms with Gasteiger partial charge in [-0.3, -0.25) is 9.36 Å². The van der Waals surface area contributed by atoms with Crippen molar-refractivity contribution < 1.29 is 9.53 Å². The van der Waals surface area contributed by atoms with Gasteiger partial charge < -0.3 is 20.3 Å². The molecular weight excluding hydrogens is 532 g/mol. The van der Waals surface area contributed by atoms with Crippen LogP contribution in [0.3, 0.4) is 0 Å². The van der Waals surface area contributed by atoms with E-state index in [0.29, 0.717) is 60.3 Å². The number of nitrogens with one attached hydrogen (secondary N) is 2. The average Bonchev–Trinajstić information content (AvgIpc) is 3.75. The van der Waals surface area contributed by atoms with Crippen LogP contribution in [0.5, 0.6) is 5.75 Å². The van der Waals surface area contributed by atoms with Crippen molar-refractivity contribution >= 4 is 45.1 Å². The summed E-state index contributed by atoms with van der Waals surface area (Å²) in [6, 6.07) is 5.93. The Morgan fingerprint density at radius 3 is 2.83 bits per heavy atom. The number of methoxy groups -OCH3 is 1. The van der Waals surface area contributed by atoms with Gasteiger partial charge in [0.1, 0.15) is 17.8 Å². The van der Waals surface area contributed by atoms with Crippen molar-refractivity contribution in [2.24, 2.45) is 0 Å². The minimum absolute atomic E-state index is 0.102. The summed E-state index contributed by atoms with van der Waals surface area (Å²) in [4.78, 5) is 24.0. The summed E-state index contributed by atoms with van der Waals surface area (Å²) >= 11 is 6.33. The van der Waals surface area contributed by atoms with E-state index in [4.69, 9.17) is 21.3 Å². The number of aromatic nitrogens is 7. The Balaban J connectivity index is 1.38. The molecule has 5 aromatic rings. The van der Waals surface area contributed by atoms with E-state index in [1.807, 2.05) is 41.8 Å². The van der Waals surface area contributed by atoms with Crippen LogP contribution in [0.15, 0.2) is 43.1 Å². The molecule has 1 aliphatic rings. The van der Waals surface area contributed by atoms with Crippen molar-refractivity contribution in [3.05, 3.63) is 59.4 Å². The Morgan fingerprint density at radius 1 is 1.20 bits per heavy atom. The number of hydrogen-bond donors (Lipinski definition) is 2. The van der Waals surface area contributed by atoms with Crippen LogP contribution in [0.25, 0.3) is 27.6 Å². The van der Waals surface area contributed by atoms with Crippen molar-refractivity contribution in [2.75, 3.05) is 32.6 Å². The van der Waals surface area contributed by atoms with E-state index in [9.17, 15) is 4.79 Å². The van der Waals surface area contributed by atoms with Crippen LogP contribution in [0, 0.1) is 0 Å². The molecule has 40 heavy (non-hydrogen) atoms. The minimum Gasteiger partial charge on any atom is -0.495 e. The van der Waals surface area contributed by atoms with E-state index >= 15 is 0 Å². The lowest BCUT2D eigenvalue weighted by molar-refractivity contribution is 0.0784. The maximum atomic E-state index is 13.1. The van der Waals surface area contributed by atoms with Gasteiger partial charge in [0.25, 0.3) is 5.91 Å². The first-order valence-electron chi connectivity index (χ1n) is 13.1. The quantitative estimate of drug-likeness (QED) is 0.294. The Morgan fingerprint density at radius 2 is 2.08 bits per heavy atom. The maximum Gasteiger partial charge on any atom is 0.274 e. The third kappa shape index (κ3) is 4.58. The predicted molar refractivity (Wildman–Crippen MR) is 152 cm³/mol. The number of likely N-dealkylation sites (N-methyl/N-ethyl adjacent to an activating group) is 1. The number of halogens is 1. The summed E-state index contributed by atoms with van der Waals surface area (Å²) in [5.41, 5.74) is 2.07. The molecule has 1 aliphatic heterocycles. The number of benzene rings is 1. The molecule has 206 valence electrons. The summed E-state index contributed by atoms with van der Waals surface area (Å²) in [6.45, 7) is 4.52. The topological polar surface area (TPSA) is 128 Å². The Hall–Kier alpha value is -4.29. The number of carbonyl (C=O) groups is 1. The smallest absolute Gasteiger partial charge is 0.274 e. The number of nitrogens with zero attached hydrogens (tertiary/aromatic N) is 8. The van der Waals surface area contributed by atoms with Crippen molar-refractivity contribution in [3.8, 4) is 11.6 Å². The summed E-state index contributed by atoms with van der Waals surface area (Å²) in [5, 5.41) is 23.2. The number of aryl methyl sites for hydroxylation is 1. The summed E-state index contributed by atoms with van der Waals surface area (Å²) in [6.07, 6.45) is 7.77. The number of carbonyl (C=O) groups excluding carboxylic acids is 1. The van der Waals surface area contributed by atoms with Gasteiger partial charge in [0.15, 0.2) is 17.3 Å². The monoisotopic (exact) mass is 560 g/mol. The van der Waals surface area contributed by atoms with E-state index in [2.05, 4.69) is 30.9 Å². The molecule has 2 N–H and O–H groups in total. The third-order valence-electron chi connectivity index (χ3n) is 7.29. The normalized spacial score (nSPS) is 15.3. The molecule has 0 aliphatic carbocycles. The van der Waals surface area contributed by atoms with Crippen LogP contribution in [0.4, 0.5) is 5.82 Å². The zero-order valence-corrected chi connectivity index (χ0v) is 23.2. The highest BCUT2D eigenvalue weighted by molar-refractivity contribution is 6.32. The highest BCUT2D eigenvalue weighted by Crippen LogP contribution is 2.32. The second-order valence-electron chi connectivity index (χ2n) is 9.63. The molecule has 0 radical (unpaired) electrons. The molecule has 0 saturated carbocycles. The number of amides is 1. The average molecular weight is 561 g/mol. The van der Waals surface area contributed by atoms with Crippen LogP contribution < -0.4 is 15.4 Å². The van der Waals surface area contributed by atoms with Crippen molar-refractivity contribution in [2.45, 2.75) is 32.5 Å². The molecule has 1 unspecified atom stereocenters. The van der Waals surface area contributed by atoms with Crippen LogP contribution in [0.2, 0.25) is 5.02 Å². The van der Waals surface area contributed by atoms with Gasteiger partial charge in [-0.2, -0.15) is 5.10 Å². The number of pyridine rings is 1. The van der Waals surface area contributed by atoms with Gasteiger partial charge in [0.2, 0.25) is 0 Å². The number of likely N-dealkylation sites (tertiary alicyclic amines) is 1. The van der Waals surface area contributed by atoms with Gasteiger partial charge in [0, 0.05) is 55.4 Å². The van der Waals surface area contributed by atoms with E-state index in [1.54, 1.807) is 36.6 Å². The summed E-state index contributed by atoms with van der Waals surface area (Å²) in [7, 11) is 3.50. The summed E-state index contributed by atoms with van der Waals surface area (Å²) in [5.74, 6) is 1.62. The van der Waals surface area contributed by atoms with E-state index < -0.39 is 0 Å². The highest BCUT2D eigenvalue weighted by atomic mass is 35.5. The zero-order chi connectivity index (χ0) is 27.8. The van der Waals surface area contributed by atoms with Gasteiger partial charge >= 0.3 is 0 Å². The van der Waals surface area contributed by atoms with E-state index in [0.717, 1.165) is 33.8 Å². The largest absolute Gasteiger partial charge is 0.495 e. The molecular formula is C27H29ClN10O2. The highest BCUT2D eigenvalue weighted by Gasteiger charge is 2.27. The molecule has 1 saturated heterocycles. The number of fused-ring (bicyclic) bond motifs is 3. The molecule has 0 bridgehead atoms. The molecule has 13 heteroatoms. The molecule has 1 fully saturated rings. The maximum absolute atomic E-state index is 13.1. The van der Waals surface area contributed by atoms with Crippen molar-refractivity contribution in [1.29, 1.82) is 0 Å². The predicted octanol–water partition coefficient (Wildman–Crippen LogP) is 3.29. The summed E-state index contributed by atoms with van der Waals surface area (Å²) < 4.78 is 8.83. The minimum atomic E-state index is -0.102. The number of anilines is 1. The Labute approximate surface area is 235 Å². The lowest BCUT2D eigenvalue weighted by atomic mass is 10.1. The SMILES string of the molecule is CCn1ncc2c3c(NCc4ccc(OC)c(Cl)c4)nnc(-n4cnc(C(=O)N5CCC(NC)C5)c4)c3cnc21. The van der Waals surface area contributed by atoms with E-state index in [1.165, 1.54) is 0 Å². The fraction of sp³-hybridized carbons (Fsp3) is 0.333. The van der Waals surface area contributed by atoms with Crippen LogP contribution in [-0.2, 0) is 13.1 Å². The lowest BCUT2D eigenvalue weighted by Gasteiger charge is -2.14. The second kappa shape index (κ2) is 10.7. The van der Waals surface area contributed by atoms with Gasteiger partial charge in [-0.1, -0.05) is 17.7 Å². The van der Waals surface area contributed by atoms with Crippen LogP contribution in [-0.4, -0.2) is 78.6 Å². The van der Waals surface area contributed by atoms with Crippen molar-refractivity contribution in [3.63, 3.8) is 0 Å². The Kier molecular flexibility index (Phi) is 6.95. The molecule has 6 rings (SSSR count). The fourth-order valence-electron chi connectivity index (χ4n) is 5.10. The van der Waals surface area contributed by atoms with E-state index in [-0.39, 0.29) is 5.91 Å². The Bertz CT molecular complexity index is 1710. The molecule has 12 nitrogen and oxygen atoms in total. The molecule has 1 aromatic carbocycles. The zero-order valence-electron chi connectivity index (χ0n) is 22.4. The molecule has 1 amide bonds. The van der Waals surface area contributed by atoms with Gasteiger partial charge in [-0.15, -0.1) is 10.2 Å². The number of ether oxygens (including phenoxy) is 1. The van der Waals surface area contributed by atoms with Gasteiger partial charge in [0.05, 0.1) is 23.7 Å². The first-order chi connectivity index (χ1) is 19.5. The number of hydrogen-bond acceptors (Lipinski definition) is 9. The standard InChI is InChI=1S/C27H29ClN10O2/c1-4-38-25-19(12-33-38)23-18(11-31-25)26(35-34-24(23)30-10-16-5-6-22(40-3)20(28)9-16)37-14-21(32-15-37)27(39)36-8-7-17(13-36)29-2/h5-6,9,11-12,14-15,17,29H,4,7-8,10,13H2,1-3H3,(H,30,34). The molecule has 0 spiro atoms. The van der Waals surface area contributed by atoms with Crippen molar-refractivity contribution in [1.82, 2.24) is 44.7 Å². The van der Waals surface area contributed by atoms with Crippen LogP contribution in [0.1, 0.15) is 29.4 Å². The first kappa shape index (κ1) is 26.0. The molecule has 4 aromatic heterocycles. The molecule has 1 atom stereocenters. The first-order valence-corrected chi connectivity index (χ1v) is 13.5. The third-order valence-corrected chi connectivity index (χ3v) is 7.59. The number of imidazole rings is 1.